The Morgan fingerprint density at radius 1 is 1.33 bits per heavy atom. The van der Waals surface area contributed by atoms with Gasteiger partial charge in [-0.2, -0.15) is 0 Å². The molecule has 0 aromatic carbocycles. The fourth-order valence-electron chi connectivity index (χ4n) is 2.28. The van der Waals surface area contributed by atoms with E-state index in [0.717, 1.165) is 25.9 Å². The van der Waals surface area contributed by atoms with E-state index >= 15 is 0 Å². The van der Waals surface area contributed by atoms with Crippen LogP contribution < -0.4 is 5.32 Å². The van der Waals surface area contributed by atoms with Crippen molar-refractivity contribution in [3.05, 3.63) is 11.8 Å². The molecule has 1 aliphatic rings. The van der Waals surface area contributed by atoms with Gasteiger partial charge in [0.1, 0.15) is 5.60 Å². The van der Waals surface area contributed by atoms with Crippen molar-refractivity contribution in [1.82, 2.24) is 5.16 Å². The molecule has 0 bridgehead atoms. The molecule has 1 unspecified atom stereocenters. The molecule has 1 saturated heterocycles. The molecule has 136 valence electrons. The van der Waals surface area contributed by atoms with Gasteiger partial charge in [-0.3, -0.25) is 5.32 Å². The zero-order valence-electron chi connectivity index (χ0n) is 15.2. The number of aromatic nitrogens is 1. The first-order chi connectivity index (χ1) is 11.2. The van der Waals surface area contributed by atoms with Crippen LogP contribution >= 0.6 is 0 Å². The van der Waals surface area contributed by atoms with Crippen molar-refractivity contribution in [3.63, 3.8) is 0 Å². The number of nitrogens with zero attached hydrogens (tertiary/aromatic N) is 1. The van der Waals surface area contributed by atoms with E-state index in [0.29, 0.717) is 12.3 Å². The van der Waals surface area contributed by atoms with Gasteiger partial charge in [0.05, 0.1) is 12.3 Å². The first-order valence-corrected chi connectivity index (χ1v) is 8.36. The monoisotopic (exact) mass is 340 g/mol. The highest BCUT2D eigenvalue weighted by molar-refractivity contribution is 5.83. The zero-order chi connectivity index (χ0) is 17.8. The van der Waals surface area contributed by atoms with Crippen molar-refractivity contribution in [2.45, 2.75) is 71.2 Å². The molecule has 0 radical (unpaired) electrons. The third-order valence-electron chi connectivity index (χ3n) is 3.60. The number of anilines is 1. The molecule has 0 saturated carbocycles. The average Bonchev–Trinajstić information content (AvgIpc) is 2.93. The summed E-state index contributed by atoms with van der Waals surface area (Å²) < 4.78 is 21.8. The summed E-state index contributed by atoms with van der Waals surface area (Å²) in [6, 6.07) is 1.69. The van der Waals surface area contributed by atoms with Gasteiger partial charge in [-0.15, -0.1) is 0 Å². The smallest absolute Gasteiger partial charge is 0.414 e. The van der Waals surface area contributed by atoms with Crippen molar-refractivity contribution in [1.29, 1.82) is 0 Å². The minimum absolute atomic E-state index is 0.149. The maximum Gasteiger partial charge on any atom is 0.414 e. The highest BCUT2D eigenvalue weighted by atomic mass is 16.7. The molecule has 1 fully saturated rings. The lowest BCUT2D eigenvalue weighted by atomic mass is 9.90. The minimum atomic E-state index is -0.574. The van der Waals surface area contributed by atoms with Gasteiger partial charge in [0.15, 0.2) is 6.29 Å². The van der Waals surface area contributed by atoms with Crippen LogP contribution in [0, 0.1) is 0 Å². The van der Waals surface area contributed by atoms with E-state index in [9.17, 15) is 4.79 Å². The predicted molar refractivity (Wildman–Crippen MR) is 88.9 cm³/mol. The maximum absolute atomic E-state index is 11.8. The number of carbonyl (C=O) groups is 1. The average molecular weight is 340 g/mol. The Bertz CT molecular complexity index is 541. The SMILES string of the molecule is CC(C)(C)OC(=O)Nc1cc(C(C)(C)COC2CCCCO2)no1. The van der Waals surface area contributed by atoms with Gasteiger partial charge in [0.2, 0.25) is 5.88 Å². The normalized spacial score (nSPS) is 19.1. The number of carbonyl (C=O) groups excluding carboxylic acids is 1. The molecule has 2 heterocycles. The van der Waals surface area contributed by atoms with Crippen LogP contribution in [0.15, 0.2) is 10.6 Å². The van der Waals surface area contributed by atoms with Crippen LogP contribution in [-0.4, -0.2) is 36.4 Å². The number of ether oxygens (including phenoxy) is 3. The fourth-order valence-corrected chi connectivity index (χ4v) is 2.28. The lowest BCUT2D eigenvalue weighted by Gasteiger charge is -2.28. The molecule has 1 aromatic heterocycles. The summed E-state index contributed by atoms with van der Waals surface area (Å²) >= 11 is 0. The van der Waals surface area contributed by atoms with E-state index in [1.54, 1.807) is 26.8 Å². The van der Waals surface area contributed by atoms with Crippen LogP contribution in [0.1, 0.15) is 59.6 Å². The highest BCUT2D eigenvalue weighted by Crippen LogP contribution is 2.27. The third-order valence-corrected chi connectivity index (χ3v) is 3.60. The Morgan fingerprint density at radius 3 is 2.71 bits per heavy atom. The first kappa shape index (κ1) is 18.7. The van der Waals surface area contributed by atoms with Crippen LogP contribution in [0.5, 0.6) is 0 Å². The number of amides is 1. The van der Waals surface area contributed by atoms with E-state index in [4.69, 9.17) is 18.7 Å². The zero-order valence-corrected chi connectivity index (χ0v) is 15.2. The van der Waals surface area contributed by atoms with Crippen molar-refractivity contribution in [2.24, 2.45) is 0 Å². The minimum Gasteiger partial charge on any atom is -0.444 e. The highest BCUT2D eigenvalue weighted by Gasteiger charge is 2.28. The lowest BCUT2D eigenvalue weighted by Crippen LogP contribution is -2.31. The summed E-state index contributed by atoms with van der Waals surface area (Å²) in [6.45, 7) is 10.6. The first-order valence-electron chi connectivity index (χ1n) is 8.36. The molecule has 1 aliphatic heterocycles. The molecule has 1 atom stereocenters. The molecule has 1 amide bonds. The van der Waals surface area contributed by atoms with Gasteiger partial charge in [-0.1, -0.05) is 19.0 Å². The number of hydrogen-bond donors (Lipinski definition) is 1. The molecule has 0 aliphatic carbocycles. The summed E-state index contributed by atoms with van der Waals surface area (Å²) in [5.41, 5.74) is -0.234. The Morgan fingerprint density at radius 2 is 2.08 bits per heavy atom. The molecule has 7 heteroatoms. The van der Waals surface area contributed by atoms with E-state index in [-0.39, 0.29) is 17.6 Å². The molecule has 24 heavy (non-hydrogen) atoms. The van der Waals surface area contributed by atoms with Gasteiger partial charge < -0.3 is 18.7 Å². The van der Waals surface area contributed by atoms with Gasteiger partial charge in [0.25, 0.3) is 0 Å². The standard InChI is InChI=1S/C17H28N2O5/c1-16(2,3)23-15(20)18-13-10-12(19-24-13)17(4,5)11-22-14-8-6-7-9-21-14/h10,14H,6-9,11H2,1-5H3,(H,18,20). The van der Waals surface area contributed by atoms with Gasteiger partial charge in [-0.25, -0.2) is 4.79 Å². The second kappa shape index (κ2) is 7.53. The Balaban J connectivity index is 1.89. The second-order valence-electron chi connectivity index (χ2n) is 7.69. The molecular formula is C17H28N2O5. The molecule has 0 spiro atoms. The molecule has 1 N–H and O–H groups in total. The summed E-state index contributed by atoms with van der Waals surface area (Å²) in [5, 5.41) is 6.58. The van der Waals surface area contributed by atoms with Crippen molar-refractivity contribution in [2.75, 3.05) is 18.5 Å². The fraction of sp³-hybridized carbons (Fsp3) is 0.765. The summed E-state index contributed by atoms with van der Waals surface area (Å²) in [5.74, 6) is 0.251. The van der Waals surface area contributed by atoms with Crippen LogP contribution in [-0.2, 0) is 19.6 Å². The lowest BCUT2D eigenvalue weighted by molar-refractivity contribution is -0.170. The predicted octanol–water partition coefficient (Wildman–Crippen LogP) is 3.84. The van der Waals surface area contributed by atoms with E-state index in [1.165, 1.54) is 0 Å². The molecule has 7 nitrogen and oxygen atoms in total. The topological polar surface area (TPSA) is 82.8 Å². The molecular weight excluding hydrogens is 312 g/mol. The van der Waals surface area contributed by atoms with Gasteiger partial charge in [0, 0.05) is 18.1 Å². The van der Waals surface area contributed by atoms with E-state index in [1.807, 2.05) is 13.8 Å². The third kappa shape index (κ3) is 5.79. The van der Waals surface area contributed by atoms with Gasteiger partial charge in [-0.05, 0) is 40.0 Å². The van der Waals surface area contributed by atoms with Crippen molar-refractivity contribution in [3.8, 4) is 0 Å². The summed E-state index contributed by atoms with van der Waals surface area (Å²) in [4.78, 5) is 11.8. The number of hydrogen-bond acceptors (Lipinski definition) is 6. The summed E-state index contributed by atoms with van der Waals surface area (Å²) in [6.07, 6.45) is 2.41. The second-order valence-corrected chi connectivity index (χ2v) is 7.69. The van der Waals surface area contributed by atoms with Crippen LogP contribution in [0.3, 0.4) is 0 Å². The van der Waals surface area contributed by atoms with E-state index < -0.39 is 11.7 Å². The molecule has 1 aromatic rings. The number of rotatable bonds is 5. The van der Waals surface area contributed by atoms with E-state index in [2.05, 4.69) is 10.5 Å². The Kier molecular flexibility index (Phi) is 5.87. The maximum atomic E-state index is 11.8. The quantitative estimate of drug-likeness (QED) is 0.877. The van der Waals surface area contributed by atoms with Crippen LogP contribution in [0.25, 0.3) is 0 Å². The number of nitrogens with one attached hydrogen (secondary N) is 1. The van der Waals surface area contributed by atoms with Crippen molar-refractivity contribution >= 4 is 12.0 Å². The molecule has 2 rings (SSSR count). The Hall–Kier alpha value is -1.60. The van der Waals surface area contributed by atoms with Gasteiger partial charge >= 0.3 is 6.09 Å². The van der Waals surface area contributed by atoms with Crippen LogP contribution in [0.4, 0.5) is 10.7 Å². The van der Waals surface area contributed by atoms with Crippen LogP contribution in [0.2, 0.25) is 0 Å². The summed E-state index contributed by atoms with van der Waals surface area (Å²) in [7, 11) is 0. The Labute approximate surface area is 143 Å². The largest absolute Gasteiger partial charge is 0.444 e. The van der Waals surface area contributed by atoms with Crippen molar-refractivity contribution < 1.29 is 23.5 Å².